The number of hydrogen-bond donors (Lipinski definition) is 1. The third-order valence-corrected chi connectivity index (χ3v) is 4.00. The number of nitrogens with zero attached hydrogens (tertiary/aromatic N) is 2. The van der Waals surface area contributed by atoms with Gasteiger partial charge in [0.05, 0.1) is 5.69 Å². The predicted octanol–water partition coefficient (Wildman–Crippen LogP) is 2.92. The summed E-state index contributed by atoms with van der Waals surface area (Å²) in [5.41, 5.74) is 2.06. The zero-order valence-corrected chi connectivity index (χ0v) is 12.6. The first kappa shape index (κ1) is 14.3. The molecule has 2 heterocycles. The van der Waals surface area contributed by atoms with Gasteiger partial charge in [0.15, 0.2) is 0 Å². The maximum Gasteiger partial charge on any atom is 0.226 e. The third-order valence-electron chi connectivity index (χ3n) is 4.00. The highest BCUT2D eigenvalue weighted by molar-refractivity contribution is 5.52. The van der Waals surface area contributed by atoms with E-state index in [-0.39, 0.29) is 0 Å². The van der Waals surface area contributed by atoms with Gasteiger partial charge in [-0.2, -0.15) is 0 Å². The Hall–Kier alpha value is -1.65. The van der Waals surface area contributed by atoms with Crippen LogP contribution in [0.4, 0.5) is 0 Å². The summed E-state index contributed by atoms with van der Waals surface area (Å²) in [4.78, 5) is 7.17. The summed E-state index contributed by atoms with van der Waals surface area (Å²) in [6.45, 7) is 6.42. The molecule has 1 aromatic carbocycles. The molecule has 4 nitrogen and oxygen atoms in total. The average Bonchev–Trinajstić information content (AvgIpc) is 3.19. The summed E-state index contributed by atoms with van der Waals surface area (Å²) in [5.74, 6) is 0.714. The number of nitrogens with one attached hydrogen (secondary N) is 1. The number of hydrogen-bond acceptors (Lipinski definition) is 4. The summed E-state index contributed by atoms with van der Waals surface area (Å²) >= 11 is 0. The lowest BCUT2D eigenvalue weighted by molar-refractivity contribution is 0.197. The Balaban J connectivity index is 1.70. The quantitative estimate of drug-likeness (QED) is 0.886. The molecule has 21 heavy (non-hydrogen) atoms. The van der Waals surface area contributed by atoms with Crippen molar-refractivity contribution in [3.05, 3.63) is 42.3 Å². The molecule has 1 N–H and O–H groups in total. The Morgan fingerprint density at radius 2 is 2.19 bits per heavy atom. The van der Waals surface area contributed by atoms with Gasteiger partial charge in [0.25, 0.3) is 0 Å². The van der Waals surface area contributed by atoms with E-state index in [2.05, 4.69) is 22.1 Å². The zero-order chi connectivity index (χ0) is 14.5. The van der Waals surface area contributed by atoms with E-state index in [1.54, 1.807) is 6.26 Å². The van der Waals surface area contributed by atoms with Crippen LogP contribution in [-0.4, -0.2) is 35.6 Å². The maximum absolute atomic E-state index is 5.64. The summed E-state index contributed by atoms with van der Waals surface area (Å²) < 4.78 is 5.64. The highest BCUT2D eigenvalue weighted by atomic mass is 16.3. The van der Waals surface area contributed by atoms with Crippen LogP contribution in [0, 0.1) is 0 Å². The second kappa shape index (κ2) is 6.87. The van der Waals surface area contributed by atoms with E-state index in [0.717, 1.165) is 37.4 Å². The van der Waals surface area contributed by atoms with Crippen LogP contribution >= 0.6 is 0 Å². The van der Waals surface area contributed by atoms with Gasteiger partial charge >= 0.3 is 0 Å². The van der Waals surface area contributed by atoms with Crippen LogP contribution in [0.3, 0.4) is 0 Å². The lowest BCUT2D eigenvalue weighted by atomic mass is 10.2. The van der Waals surface area contributed by atoms with Crippen LogP contribution in [0.25, 0.3) is 11.5 Å². The van der Waals surface area contributed by atoms with E-state index in [9.17, 15) is 0 Å². The number of benzene rings is 1. The Kier molecular flexibility index (Phi) is 4.68. The van der Waals surface area contributed by atoms with Gasteiger partial charge < -0.3 is 9.73 Å². The minimum atomic E-state index is 0.627. The first-order valence-corrected chi connectivity index (χ1v) is 7.81. The highest BCUT2D eigenvalue weighted by Gasteiger charge is 2.22. The summed E-state index contributed by atoms with van der Waals surface area (Å²) in [7, 11) is 0. The summed E-state index contributed by atoms with van der Waals surface area (Å²) in [6, 6.07) is 10.7. The van der Waals surface area contributed by atoms with Crippen LogP contribution in [0.1, 0.15) is 25.5 Å². The van der Waals surface area contributed by atoms with E-state index in [4.69, 9.17) is 4.42 Å². The standard InChI is InChI=1S/C17H23N3O/c1-2-10-20(16-8-9-18-11-16)12-15-13-21-17(19-15)14-6-4-3-5-7-14/h3-7,13,16,18H,2,8-12H2,1H3. The van der Waals surface area contributed by atoms with Crippen molar-refractivity contribution in [1.82, 2.24) is 15.2 Å². The van der Waals surface area contributed by atoms with E-state index in [1.165, 1.54) is 12.8 Å². The predicted molar refractivity (Wildman–Crippen MR) is 83.9 cm³/mol. The van der Waals surface area contributed by atoms with E-state index >= 15 is 0 Å². The van der Waals surface area contributed by atoms with Gasteiger partial charge in [0.1, 0.15) is 6.26 Å². The van der Waals surface area contributed by atoms with Gasteiger partial charge in [-0.25, -0.2) is 4.98 Å². The van der Waals surface area contributed by atoms with Crippen LogP contribution in [-0.2, 0) is 6.54 Å². The monoisotopic (exact) mass is 285 g/mol. The second-order valence-electron chi connectivity index (χ2n) is 5.63. The third kappa shape index (κ3) is 3.52. The van der Waals surface area contributed by atoms with Crippen molar-refractivity contribution in [1.29, 1.82) is 0 Å². The molecule has 0 bridgehead atoms. The Morgan fingerprint density at radius 1 is 1.33 bits per heavy atom. The smallest absolute Gasteiger partial charge is 0.226 e. The van der Waals surface area contributed by atoms with Gasteiger partial charge in [0, 0.05) is 24.7 Å². The van der Waals surface area contributed by atoms with Crippen molar-refractivity contribution in [2.45, 2.75) is 32.4 Å². The molecule has 1 aliphatic heterocycles. The molecule has 112 valence electrons. The minimum absolute atomic E-state index is 0.627. The van der Waals surface area contributed by atoms with Crippen LogP contribution in [0.2, 0.25) is 0 Å². The molecule has 1 unspecified atom stereocenters. The largest absolute Gasteiger partial charge is 0.444 e. The molecule has 2 aromatic rings. The first-order valence-electron chi connectivity index (χ1n) is 7.81. The lowest BCUT2D eigenvalue weighted by Crippen LogP contribution is -2.37. The molecular weight excluding hydrogens is 262 g/mol. The Morgan fingerprint density at radius 3 is 2.90 bits per heavy atom. The molecule has 0 spiro atoms. The second-order valence-corrected chi connectivity index (χ2v) is 5.63. The SMILES string of the molecule is CCCN(Cc1coc(-c2ccccc2)n1)C1CCNC1. The van der Waals surface area contributed by atoms with Gasteiger partial charge in [0.2, 0.25) is 5.89 Å². The van der Waals surface area contributed by atoms with E-state index in [1.807, 2.05) is 30.3 Å². The van der Waals surface area contributed by atoms with Crippen molar-refractivity contribution < 1.29 is 4.42 Å². The molecule has 0 amide bonds. The molecule has 0 radical (unpaired) electrons. The van der Waals surface area contributed by atoms with E-state index < -0.39 is 0 Å². The van der Waals surface area contributed by atoms with Gasteiger partial charge in [-0.3, -0.25) is 4.90 Å². The van der Waals surface area contributed by atoms with Crippen LogP contribution < -0.4 is 5.32 Å². The molecule has 0 aliphatic carbocycles. The molecule has 1 atom stereocenters. The molecule has 3 rings (SSSR count). The average molecular weight is 285 g/mol. The lowest BCUT2D eigenvalue weighted by Gasteiger charge is -2.26. The topological polar surface area (TPSA) is 41.3 Å². The molecule has 1 fully saturated rings. The van der Waals surface area contributed by atoms with Crippen molar-refractivity contribution in [2.24, 2.45) is 0 Å². The maximum atomic E-state index is 5.64. The Labute approximate surface area is 126 Å². The van der Waals surface area contributed by atoms with Crippen LogP contribution in [0.5, 0.6) is 0 Å². The molecular formula is C17H23N3O. The zero-order valence-electron chi connectivity index (χ0n) is 12.6. The number of rotatable bonds is 6. The van der Waals surface area contributed by atoms with Crippen molar-refractivity contribution >= 4 is 0 Å². The van der Waals surface area contributed by atoms with Crippen molar-refractivity contribution in [3.63, 3.8) is 0 Å². The molecule has 4 heteroatoms. The fraction of sp³-hybridized carbons (Fsp3) is 0.471. The fourth-order valence-electron chi connectivity index (χ4n) is 2.93. The Bertz CT molecular complexity index is 546. The number of oxazole rings is 1. The summed E-state index contributed by atoms with van der Waals surface area (Å²) in [5, 5.41) is 3.44. The highest BCUT2D eigenvalue weighted by Crippen LogP contribution is 2.20. The molecule has 1 saturated heterocycles. The number of aromatic nitrogens is 1. The van der Waals surface area contributed by atoms with Crippen LogP contribution in [0.15, 0.2) is 41.0 Å². The van der Waals surface area contributed by atoms with Gasteiger partial charge in [-0.1, -0.05) is 25.1 Å². The van der Waals surface area contributed by atoms with Gasteiger partial charge in [-0.05, 0) is 38.1 Å². The fourth-order valence-corrected chi connectivity index (χ4v) is 2.93. The normalized spacial score (nSPS) is 18.5. The van der Waals surface area contributed by atoms with Crippen molar-refractivity contribution in [2.75, 3.05) is 19.6 Å². The first-order chi connectivity index (χ1) is 10.4. The van der Waals surface area contributed by atoms with Gasteiger partial charge in [-0.15, -0.1) is 0 Å². The summed E-state index contributed by atoms with van der Waals surface area (Å²) in [6.07, 6.45) is 4.19. The molecule has 1 aliphatic rings. The van der Waals surface area contributed by atoms with Crippen molar-refractivity contribution in [3.8, 4) is 11.5 Å². The molecule has 0 saturated carbocycles. The molecule has 1 aromatic heterocycles. The van der Waals surface area contributed by atoms with E-state index in [0.29, 0.717) is 11.9 Å². The minimum Gasteiger partial charge on any atom is -0.444 e.